The van der Waals surface area contributed by atoms with Crippen LogP contribution in [0.1, 0.15) is 17.0 Å². The number of aromatic nitrogens is 4. The normalized spacial score (nSPS) is 12.1. The Bertz CT molecular complexity index is 2750. The number of hydrogen-bond donors (Lipinski definition) is 3. The Kier molecular flexibility index (Phi) is 7.52. The monoisotopic (exact) mass is 720 g/mol. The molecule has 1 aliphatic heterocycles. The van der Waals surface area contributed by atoms with Crippen molar-refractivity contribution >= 4 is 45.3 Å². The number of halogens is 10. The Morgan fingerprint density at radius 3 is 1.17 bits per heavy atom. The van der Waals surface area contributed by atoms with Crippen molar-refractivity contribution in [3.8, 4) is 33.4 Å². The maximum absolute atomic E-state index is 15.5. The fraction of sp³-hybridized carbons (Fsp3) is 0.0263. The van der Waals surface area contributed by atoms with Gasteiger partial charge in [-0.15, -0.1) is 0 Å². The second kappa shape index (κ2) is 11.9. The molecule has 5 heterocycles. The van der Waals surface area contributed by atoms with Gasteiger partial charge >= 0.3 is 0 Å². The fourth-order valence-corrected chi connectivity index (χ4v) is 6.36. The minimum absolute atomic E-state index is 0.0279. The van der Waals surface area contributed by atoms with E-state index < -0.39 is 80.4 Å². The smallest absolute Gasteiger partial charge is 0.200 e. The average molecular weight is 721 g/mol. The quantitative estimate of drug-likeness (QED) is 0.0950. The first kappa shape index (κ1) is 32.9. The summed E-state index contributed by atoms with van der Waals surface area (Å²) < 4.78 is 149. The van der Waals surface area contributed by atoms with Crippen molar-refractivity contribution in [3.63, 3.8) is 0 Å². The van der Waals surface area contributed by atoms with Crippen LogP contribution in [0.2, 0.25) is 0 Å². The summed E-state index contributed by atoms with van der Waals surface area (Å²) in [5.41, 5.74) is -1.67. The lowest BCUT2D eigenvalue weighted by molar-refractivity contribution is 0.381. The van der Waals surface area contributed by atoms with Gasteiger partial charge in [0.05, 0.1) is 28.0 Å². The lowest BCUT2D eigenvalue weighted by atomic mass is 10.0. The predicted octanol–water partition coefficient (Wildman–Crippen LogP) is 11.4. The first-order valence-corrected chi connectivity index (χ1v) is 15.3. The summed E-state index contributed by atoms with van der Waals surface area (Å²) in [7, 11) is 0. The first-order valence-electron chi connectivity index (χ1n) is 15.3. The van der Waals surface area contributed by atoms with E-state index >= 15 is 17.6 Å². The van der Waals surface area contributed by atoms with Crippen molar-refractivity contribution in [2.24, 2.45) is 0 Å². The maximum atomic E-state index is 15.5. The molecule has 3 aromatic carbocycles. The number of nitrogens with zero attached hydrogens (tertiary/aromatic N) is 1. The van der Waals surface area contributed by atoms with E-state index in [1.807, 2.05) is 6.92 Å². The van der Waals surface area contributed by atoms with Crippen LogP contribution in [0, 0.1) is 65.1 Å². The first-order chi connectivity index (χ1) is 24.8. The summed E-state index contributed by atoms with van der Waals surface area (Å²) in [5, 5.41) is 0. The zero-order valence-corrected chi connectivity index (χ0v) is 26.2. The van der Waals surface area contributed by atoms with Crippen molar-refractivity contribution in [2.75, 3.05) is 0 Å². The van der Waals surface area contributed by atoms with Crippen LogP contribution in [0.25, 0.3) is 78.6 Å². The van der Waals surface area contributed by atoms with E-state index in [9.17, 15) is 26.3 Å². The van der Waals surface area contributed by atoms with Gasteiger partial charge in [-0.25, -0.2) is 48.9 Å². The van der Waals surface area contributed by atoms with Crippen LogP contribution < -0.4 is 0 Å². The van der Waals surface area contributed by atoms with Crippen LogP contribution >= 0.6 is 0 Å². The van der Waals surface area contributed by atoms with Crippen molar-refractivity contribution in [2.45, 2.75) is 6.92 Å². The molecule has 0 atom stereocenters. The molecule has 3 N–H and O–H groups in total. The molecule has 14 heteroatoms. The van der Waals surface area contributed by atoms with Crippen LogP contribution in [-0.4, -0.2) is 19.9 Å². The Labute approximate surface area is 285 Å². The molecule has 4 nitrogen and oxygen atoms in total. The highest BCUT2D eigenvalue weighted by Crippen LogP contribution is 2.40. The molecule has 4 aromatic heterocycles. The number of aryl methyl sites for hydroxylation is 1. The van der Waals surface area contributed by atoms with E-state index in [1.165, 1.54) is 48.6 Å². The van der Waals surface area contributed by atoms with Crippen molar-refractivity contribution in [1.82, 2.24) is 19.9 Å². The summed E-state index contributed by atoms with van der Waals surface area (Å²) in [6.07, 6.45) is 2.59. The molecule has 260 valence electrons. The molecule has 0 amide bonds. The Hall–Kier alpha value is -6.31. The second-order valence-electron chi connectivity index (χ2n) is 12.0. The molecule has 8 rings (SSSR count). The van der Waals surface area contributed by atoms with E-state index in [4.69, 9.17) is 0 Å². The van der Waals surface area contributed by atoms with Crippen molar-refractivity contribution in [1.29, 1.82) is 0 Å². The Morgan fingerprint density at radius 1 is 0.346 bits per heavy atom. The summed E-state index contributed by atoms with van der Waals surface area (Å²) in [6.45, 7) is 1.83. The van der Waals surface area contributed by atoms with Crippen LogP contribution in [0.15, 0.2) is 60.7 Å². The van der Waals surface area contributed by atoms with Crippen molar-refractivity contribution in [3.05, 3.63) is 136 Å². The number of fused-ring (bicyclic) bond motifs is 9. The second-order valence-corrected chi connectivity index (χ2v) is 12.0. The van der Waals surface area contributed by atoms with Gasteiger partial charge in [0.25, 0.3) is 0 Å². The summed E-state index contributed by atoms with van der Waals surface area (Å²) >= 11 is 0. The predicted molar refractivity (Wildman–Crippen MR) is 176 cm³/mol. The maximum Gasteiger partial charge on any atom is 0.200 e. The van der Waals surface area contributed by atoms with E-state index in [0.29, 0.717) is 11.1 Å². The molecule has 0 aliphatic carbocycles. The number of rotatable bonds is 3. The molecule has 0 fully saturated rings. The van der Waals surface area contributed by atoms with Gasteiger partial charge < -0.3 is 15.0 Å². The average Bonchev–Trinajstić information content (AvgIpc) is 3.97. The highest BCUT2D eigenvalue weighted by atomic mass is 19.2. The number of benzene rings is 3. The molecule has 0 spiro atoms. The van der Waals surface area contributed by atoms with Crippen LogP contribution in [0.5, 0.6) is 0 Å². The molecule has 0 radical (unpaired) electrons. The molecular formula is C38H18F10N4. The lowest BCUT2D eigenvalue weighted by Crippen LogP contribution is -2.05. The van der Waals surface area contributed by atoms with E-state index in [1.54, 1.807) is 24.3 Å². The highest BCUT2D eigenvalue weighted by Gasteiger charge is 2.31. The van der Waals surface area contributed by atoms with Gasteiger partial charge in [-0.2, -0.15) is 0 Å². The third kappa shape index (κ3) is 4.88. The highest BCUT2D eigenvalue weighted by molar-refractivity contribution is 6.00. The van der Waals surface area contributed by atoms with Gasteiger partial charge in [0.2, 0.25) is 11.6 Å². The third-order valence-corrected chi connectivity index (χ3v) is 8.84. The van der Waals surface area contributed by atoms with Crippen LogP contribution in [-0.2, 0) is 0 Å². The van der Waals surface area contributed by atoms with Gasteiger partial charge in [0.1, 0.15) is 0 Å². The van der Waals surface area contributed by atoms with Crippen LogP contribution in [0.4, 0.5) is 43.9 Å². The van der Waals surface area contributed by atoms with Crippen LogP contribution in [0.3, 0.4) is 0 Å². The van der Waals surface area contributed by atoms with Gasteiger partial charge in [-0.1, -0.05) is 29.8 Å². The van der Waals surface area contributed by atoms with Gasteiger partial charge in [0.15, 0.2) is 46.5 Å². The Morgan fingerprint density at radius 2 is 0.692 bits per heavy atom. The van der Waals surface area contributed by atoms with E-state index in [-0.39, 0.29) is 44.5 Å². The third-order valence-electron chi connectivity index (χ3n) is 8.84. The summed E-state index contributed by atoms with van der Waals surface area (Å²) in [4.78, 5) is 13.3. The molecule has 0 saturated carbocycles. The largest absolute Gasteiger partial charge is 0.354 e. The number of H-pyrrole nitrogens is 3. The van der Waals surface area contributed by atoms with E-state index in [0.717, 1.165) is 5.56 Å². The number of nitrogens with one attached hydrogen (secondary N) is 3. The molecule has 8 bridgehead atoms. The molecule has 0 unspecified atom stereocenters. The topological polar surface area (TPSA) is 60.3 Å². The number of aromatic amines is 3. The van der Waals surface area contributed by atoms with E-state index in [2.05, 4.69) is 19.9 Å². The standard InChI is InChI=1S/C38H18F10N4/c1-14-2-4-15(5-3-14)24-18-10-12-22(51-18)25(27-29(39)33(43)37(47)34(44)30(27)40)20-8-6-16(49-20)17-7-9-21(50-17)26(23-13-11-19(24)52-23)28-31(41)35(45)38(48)36(46)32(28)42/h2-13,49,51-52H,1H3. The van der Waals surface area contributed by atoms with Gasteiger partial charge in [-0.05, 0) is 61.0 Å². The molecule has 0 saturated heterocycles. The van der Waals surface area contributed by atoms with Gasteiger partial charge in [0, 0.05) is 44.3 Å². The van der Waals surface area contributed by atoms with Gasteiger partial charge in [-0.3, -0.25) is 0 Å². The molecule has 1 aliphatic rings. The fourth-order valence-electron chi connectivity index (χ4n) is 6.36. The zero-order valence-electron chi connectivity index (χ0n) is 26.2. The number of hydrogen-bond acceptors (Lipinski definition) is 1. The summed E-state index contributed by atoms with van der Waals surface area (Å²) in [6, 6.07) is 15.3. The minimum atomic E-state index is -2.35. The SMILES string of the molecule is Cc1ccc(-c2c3ccc([nH]3)c(-c3c(F)c(F)c(F)c(F)c3F)c3nc(c4ccc([nH]4)c(-c4c(F)c(F)c(F)c(F)c4F)c4ccc2[nH]4)C=C3)cc1. The van der Waals surface area contributed by atoms with Crippen molar-refractivity contribution < 1.29 is 43.9 Å². The molecule has 7 aromatic rings. The molecule has 52 heavy (non-hydrogen) atoms. The zero-order chi connectivity index (χ0) is 36.7. The lowest BCUT2D eigenvalue weighted by Gasteiger charge is -2.10. The minimum Gasteiger partial charge on any atom is -0.354 e. The molecular weight excluding hydrogens is 702 g/mol. The Balaban J connectivity index is 1.60. The summed E-state index contributed by atoms with van der Waals surface area (Å²) in [5.74, 6) is -21.8.